The molecule has 1 fully saturated rings. The van der Waals surface area contributed by atoms with E-state index in [0.29, 0.717) is 12.1 Å². The second kappa shape index (κ2) is 10.2. The second-order valence-corrected chi connectivity index (χ2v) is 10.8. The van der Waals surface area contributed by atoms with Gasteiger partial charge in [0, 0.05) is 18.5 Å². The molecular formula is C26H17Cl3F5N3O3. The number of amides is 3. The van der Waals surface area contributed by atoms with Gasteiger partial charge in [0.2, 0.25) is 11.8 Å². The molecule has 1 aliphatic rings. The van der Waals surface area contributed by atoms with Crippen molar-refractivity contribution < 1.29 is 36.3 Å². The fourth-order valence-electron chi connectivity index (χ4n) is 4.65. The summed E-state index contributed by atoms with van der Waals surface area (Å²) in [7, 11) is 0. The molecule has 1 aliphatic carbocycles. The number of carbonyl (C=O) groups excluding carboxylic acids is 3. The minimum Gasteiger partial charge on any atom is -0.369 e. The Morgan fingerprint density at radius 1 is 0.925 bits per heavy atom. The first kappa shape index (κ1) is 29.6. The standard InChI is InChI=1S/C26H17Cl3F5N3O3/c1-11(38)36-14-4-5-15(19(31)10-14)22(39)37-20-9-13(3-6-17(20)27)24(23(35)40)21(25(24,28)29)12-2-7-18(30)16(8-12)26(32,33)34/h2-10,21H,1H3,(H2,35,40)(H,36,38)(H,37,39). The van der Waals surface area contributed by atoms with Crippen LogP contribution in [0.15, 0.2) is 54.6 Å². The van der Waals surface area contributed by atoms with Gasteiger partial charge in [0.1, 0.15) is 21.4 Å². The lowest BCUT2D eigenvalue weighted by Crippen LogP contribution is -2.34. The van der Waals surface area contributed by atoms with E-state index in [4.69, 9.17) is 40.5 Å². The first-order valence-corrected chi connectivity index (χ1v) is 12.4. The number of benzene rings is 3. The van der Waals surface area contributed by atoms with Crippen LogP contribution in [0.25, 0.3) is 0 Å². The maximum absolute atomic E-state index is 14.6. The number of nitrogens with two attached hydrogens (primary N) is 1. The summed E-state index contributed by atoms with van der Waals surface area (Å²) < 4.78 is 66.5. The molecule has 0 bridgehead atoms. The van der Waals surface area contributed by atoms with Crippen LogP contribution < -0.4 is 16.4 Å². The van der Waals surface area contributed by atoms with Gasteiger partial charge in [-0.1, -0.05) is 46.9 Å². The van der Waals surface area contributed by atoms with E-state index >= 15 is 0 Å². The van der Waals surface area contributed by atoms with E-state index in [2.05, 4.69) is 10.6 Å². The average Bonchev–Trinajstić information content (AvgIpc) is 3.36. The lowest BCUT2D eigenvalue weighted by molar-refractivity contribution is -0.140. The summed E-state index contributed by atoms with van der Waals surface area (Å²) >= 11 is 19.1. The smallest absolute Gasteiger partial charge is 0.369 e. The van der Waals surface area contributed by atoms with Crippen molar-refractivity contribution in [1.29, 1.82) is 0 Å². The molecule has 0 heterocycles. The van der Waals surface area contributed by atoms with Crippen LogP contribution in [0.1, 0.15) is 39.9 Å². The zero-order chi connectivity index (χ0) is 29.8. The number of carbonyl (C=O) groups is 3. The third-order valence-electron chi connectivity index (χ3n) is 6.46. The third kappa shape index (κ3) is 4.97. The molecule has 4 rings (SSSR count). The molecule has 0 spiro atoms. The van der Waals surface area contributed by atoms with Gasteiger partial charge < -0.3 is 16.4 Å². The Balaban J connectivity index is 1.72. The van der Waals surface area contributed by atoms with Crippen molar-refractivity contribution >= 4 is 63.9 Å². The third-order valence-corrected chi connectivity index (χ3v) is 7.82. The molecular weight excluding hydrogens is 604 g/mol. The quantitative estimate of drug-likeness (QED) is 0.215. The van der Waals surface area contributed by atoms with Gasteiger partial charge in [-0.05, 0) is 53.6 Å². The number of anilines is 2. The molecule has 3 amide bonds. The van der Waals surface area contributed by atoms with Crippen LogP contribution in [0.3, 0.4) is 0 Å². The Labute approximate surface area is 238 Å². The number of hydrogen-bond acceptors (Lipinski definition) is 3. The minimum atomic E-state index is -5.04. The summed E-state index contributed by atoms with van der Waals surface area (Å²) in [6.07, 6.45) is -5.04. The predicted molar refractivity (Wildman–Crippen MR) is 140 cm³/mol. The lowest BCUT2D eigenvalue weighted by Gasteiger charge is -2.18. The Morgan fingerprint density at radius 2 is 1.60 bits per heavy atom. The highest BCUT2D eigenvalue weighted by Gasteiger charge is 2.81. The van der Waals surface area contributed by atoms with Gasteiger partial charge in [-0.25, -0.2) is 8.78 Å². The van der Waals surface area contributed by atoms with Crippen LogP contribution in [0.4, 0.5) is 33.3 Å². The maximum Gasteiger partial charge on any atom is 0.419 e. The molecule has 4 N–H and O–H groups in total. The summed E-state index contributed by atoms with van der Waals surface area (Å²) in [5, 5.41) is 4.70. The van der Waals surface area contributed by atoms with Gasteiger partial charge in [0.05, 0.1) is 21.8 Å². The fraction of sp³-hybridized carbons (Fsp3) is 0.192. The monoisotopic (exact) mass is 619 g/mol. The molecule has 14 heteroatoms. The lowest BCUT2D eigenvalue weighted by atomic mass is 9.89. The highest BCUT2D eigenvalue weighted by Crippen LogP contribution is 2.74. The Kier molecular flexibility index (Phi) is 7.55. The normalized spacial score (nSPS) is 19.6. The number of primary amides is 1. The highest BCUT2D eigenvalue weighted by molar-refractivity contribution is 6.55. The summed E-state index contributed by atoms with van der Waals surface area (Å²) in [6, 6.07) is 9.14. The summed E-state index contributed by atoms with van der Waals surface area (Å²) in [4.78, 5) is 36.8. The van der Waals surface area contributed by atoms with Crippen LogP contribution in [-0.4, -0.2) is 22.1 Å². The molecule has 0 aromatic heterocycles. The van der Waals surface area contributed by atoms with Crippen molar-refractivity contribution in [2.75, 3.05) is 10.6 Å². The van der Waals surface area contributed by atoms with Crippen LogP contribution in [-0.2, 0) is 21.2 Å². The van der Waals surface area contributed by atoms with Crippen LogP contribution >= 0.6 is 34.8 Å². The maximum atomic E-state index is 14.6. The van der Waals surface area contributed by atoms with Gasteiger partial charge >= 0.3 is 6.18 Å². The number of nitrogens with one attached hydrogen (secondary N) is 2. The van der Waals surface area contributed by atoms with Gasteiger partial charge in [0.15, 0.2) is 0 Å². The summed E-state index contributed by atoms with van der Waals surface area (Å²) in [5.74, 6) is -6.37. The van der Waals surface area contributed by atoms with Crippen molar-refractivity contribution in [3.63, 3.8) is 0 Å². The molecule has 6 nitrogen and oxygen atoms in total. The zero-order valence-electron chi connectivity index (χ0n) is 20.1. The number of hydrogen-bond donors (Lipinski definition) is 3. The van der Waals surface area contributed by atoms with Crippen molar-refractivity contribution in [1.82, 2.24) is 0 Å². The van der Waals surface area contributed by atoms with Crippen LogP contribution in [0, 0.1) is 11.6 Å². The van der Waals surface area contributed by atoms with Gasteiger partial charge in [-0.3, -0.25) is 14.4 Å². The van der Waals surface area contributed by atoms with Crippen LogP contribution in [0.2, 0.25) is 5.02 Å². The van der Waals surface area contributed by atoms with E-state index < -0.39 is 62.3 Å². The van der Waals surface area contributed by atoms with Crippen molar-refractivity contribution in [2.24, 2.45) is 5.73 Å². The van der Waals surface area contributed by atoms with E-state index in [-0.39, 0.29) is 27.5 Å². The number of alkyl halides is 5. The first-order valence-electron chi connectivity index (χ1n) is 11.2. The highest BCUT2D eigenvalue weighted by atomic mass is 35.5. The van der Waals surface area contributed by atoms with Crippen molar-refractivity contribution in [3.8, 4) is 0 Å². The molecule has 0 saturated heterocycles. The number of rotatable bonds is 6. The van der Waals surface area contributed by atoms with E-state index in [1.807, 2.05) is 0 Å². The van der Waals surface area contributed by atoms with Crippen molar-refractivity contribution in [3.05, 3.63) is 93.5 Å². The zero-order valence-corrected chi connectivity index (χ0v) is 22.4. The molecule has 40 heavy (non-hydrogen) atoms. The SMILES string of the molecule is CC(=O)Nc1ccc(C(=O)Nc2cc(C3(C(N)=O)C(c4ccc(F)c(C(F)(F)F)c4)C3(Cl)Cl)ccc2Cl)c(F)c1. The average molecular weight is 621 g/mol. The summed E-state index contributed by atoms with van der Waals surface area (Å²) in [5.41, 5.74) is 1.41. The van der Waals surface area contributed by atoms with Gasteiger partial charge in [-0.2, -0.15) is 13.2 Å². The predicted octanol–water partition coefficient (Wildman–Crippen LogP) is 6.54. The minimum absolute atomic E-state index is 0.0194. The Hall–Kier alpha value is -3.41. The molecule has 0 radical (unpaired) electrons. The molecule has 0 aliphatic heterocycles. The Bertz CT molecular complexity index is 1560. The summed E-state index contributed by atoms with van der Waals surface area (Å²) in [6.45, 7) is 1.22. The molecule has 2 atom stereocenters. The second-order valence-electron chi connectivity index (χ2n) is 8.99. The van der Waals surface area contributed by atoms with Crippen molar-refractivity contribution in [2.45, 2.75) is 28.8 Å². The molecule has 3 aromatic rings. The van der Waals surface area contributed by atoms with Crippen LogP contribution in [0.5, 0.6) is 0 Å². The van der Waals surface area contributed by atoms with E-state index in [1.165, 1.54) is 31.2 Å². The fourth-order valence-corrected chi connectivity index (χ4v) is 5.91. The first-order chi connectivity index (χ1) is 18.5. The molecule has 210 valence electrons. The largest absolute Gasteiger partial charge is 0.419 e. The Morgan fingerprint density at radius 3 is 2.17 bits per heavy atom. The van der Waals surface area contributed by atoms with E-state index in [9.17, 15) is 36.3 Å². The van der Waals surface area contributed by atoms with Gasteiger partial charge in [0.25, 0.3) is 5.91 Å². The topological polar surface area (TPSA) is 101 Å². The number of halogens is 8. The molecule has 3 aromatic carbocycles. The van der Waals surface area contributed by atoms with E-state index in [0.717, 1.165) is 18.2 Å². The van der Waals surface area contributed by atoms with E-state index in [1.54, 1.807) is 0 Å². The molecule has 2 unspecified atom stereocenters. The molecule has 1 saturated carbocycles. The van der Waals surface area contributed by atoms with Gasteiger partial charge in [-0.15, -0.1) is 0 Å².